The van der Waals surface area contributed by atoms with Gasteiger partial charge in [0.25, 0.3) is 0 Å². The Morgan fingerprint density at radius 3 is 2.52 bits per heavy atom. The van der Waals surface area contributed by atoms with Gasteiger partial charge in [-0.05, 0) is 44.0 Å². The van der Waals surface area contributed by atoms with Crippen LogP contribution in [0.2, 0.25) is 0 Å². The van der Waals surface area contributed by atoms with Crippen LogP contribution >= 0.6 is 51.2 Å². The fraction of sp³-hybridized carbons (Fsp3) is 0.412. The normalized spacial score (nSPS) is 11.2. The van der Waals surface area contributed by atoms with Crippen molar-refractivity contribution >= 4 is 57.2 Å². The molecule has 2 rings (SSSR count). The highest BCUT2D eigenvalue weighted by Crippen LogP contribution is 2.16. The molecular formula is C17H23BrFIN4S. The van der Waals surface area contributed by atoms with Crippen LogP contribution in [-0.2, 0) is 12.8 Å². The zero-order valence-electron chi connectivity index (χ0n) is 14.5. The minimum absolute atomic E-state index is 0. The number of thiazole rings is 1. The number of nitrogens with one attached hydrogen (secondary N) is 2. The fourth-order valence-corrected chi connectivity index (χ4v) is 3.55. The Morgan fingerprint density at radius 1 is 1.24 bits per heavy atom. The Morgan fingerprint density at radius 2 is 1.92 bits per heavy atom. The first-order chi connectivity index (χ1) is 11.5. The molecule has 0 atom stereocenters. The molecule has 1 heterocycles. The van der Waals surface area contributed by atoms with E-state index in [0.717, 1.165) is 34.1 Å². The summed E-state index contributed by atoms with van der Waals surface area (Å²) in [6, 6.07) is 4.99. The maximum absolute atomic E-state index is 13.7. The first-order valence-electron chi connectivity index (χ1n) is 7.81. The lowest BCUT2D eigenvalue weighted by Crippen LogP contribution is -2.39. The lowest BCUT2D eigenvalue weighted by molar-refractivity contribution is 0.606. The molecule has 0 spiro atoms. The van der Waals surface area contributed by atoms with Crippen molar-refractivity contribution in [1.82, 2.24) is 15.6 Å². The van der Waals surface area contributed by atoms with Crippen molar-refractivity contribution in [2.75, 3.05) is 20.1 Å². The largest absolute Gasteiger partial charge is 0.356 e. The molecule has 8 heteroatoms. The third-order valence-electron chi connectivity index (χ3n) is 3.62. The second kappa shape index (κ2) is 11.1. The topological polar surface area (TPSA) is 49.3 Å². The van der Waals surface area contributed by atoms with E-state index in [1.807, 2.05) is 6.92 Å². The molecule has 0 aliphatic rings. The van der Waals surface area contributed by atoms with Crippen LogP contribution in [-0.4, -0.2) is 31.1 Å². The number of rotatable bonds is 6. The summed E-state index contributed by atoms with van der Waals surface area (Å²) in [6.45, 7) is 5.50. The Kier molecular flexibility index (Phi) is 9.88. The van der Waals surface area contributed by atoms with Crippen molar-refractivity contribution in [3.63, 3.8) is 0 Å². The number of halogens is 3. The van der Waals surface area contributed by atoms with E-state index in [1.165, 1.54) is 10.9 Å². The van der Waals surface area contributed by atoms with Crippen LogP contribution in [0.3, 0.4) is 0 Å². The van der Waals surface area contributed by atoms with Gasteiger partial charge in [-0.2, -0.15) is 0 Å². The zero-order chi connectivity index (χ0) is 17.5. The Labute approximate surface area is 177 Å². The quantitative estimate of drug-likeness (QED) is 0.327. The fourth-order valence-electron chi connectivity index (χ4n) is 2.21. The van der Waals surface area contributed by atoms with E-state index in [4.69, 9.17) is 0 Å². The van der Waals surface area contributed by atoms with Gasteiger partial charge in [0.15, 0.2) is 5.96 Å². The maximum Gasteiger partial charge on any atom is 0.191 e. The molecule has 2 N–H and O–H groups in total. The molecule has 0 unspecified atom stereocenters. The molecule has 0 radical (unpaired) electrons. The minimum atomic E-state index is -0.183. The smallest absolute Gasteiger partial charge is 0.191 e. The van der Waals surface area contributed by atoms with Crippen LogP contribution in [0.5, 0.6) is 0 Å². The van der Waals surface area contributed by atoms with Crippen LogP contribution in [0, 0.1) is 19.7 Å². The summed E-state index contributed by atoms with van der Waals surface area (Å²) < 4.78 is 14.6. The second-order valence-corrected chi connectivity index (χ2v) is 7.61. The van der Waals surface area contributed by atoms with Crippen molar-refractivity contribution in [2.24, 2.45) is 4.99 Å². The van der Waals surface area contributed by atoms with E-state index >= 15 is 0 Å². The van der Waals surface area contributed by atoms with Gasteiger partial charge in [0.1, 0.15) is 5.82 Å². The monoisotopic (exact) mass is 540 g/mol. The predicted molar refractivity (Wildman–Crippen MR) is 118 cm³/mol. The van der Waals surface area contributed by atoms with E-state index in [9.17, 15) is 4.39 Å². The summed E-state index contributed by atoms with van der Waals surface area (Å²) in [7, 11) is 1.73. The highest BCUT2D eigenvalue weighted by atomic mass is 127. The number of hydrogen-bond donors (Lipinski definition) is 2. The van der Waals surface area contributed by atoms with E-state index in [2.05, 4.69) is 43.5 Å². The van der Waals surface area contributed by atoms with Gasteiger partial charge in [0.05, 0.1) is 10.7 Å². The summed E-state index contributed by atoms with van der Waals surface area (Å²) in [5, 5.41) is 7.60. The number of benzene rings is 1. The molecule has 0 saturated carbocycles. The molecule has 2 aromatic rings. The standard InChI is InChI=1S/C17H22BrFN4S.HI/c1-11-12(2)24-16(23-11)7-9-22-17(20-3)21-8-6-13-10-14(18)4-5-15(13)19;/h4-5,10H,6-9H2,1-3H3,(H2,20,21,22);1H. The molecule has 0 amide bonds. The van der Waals surface area contributed by atoms with E-state index in [-0.39, 0.29) is 29.8 Å². The third kappa shape index (κ3) is 7.18. The number of guanidine groups is 1. The van der Waals surface area contributed by atoms with Crippen molar-refractivity contribution in [1.29, 1.82) is 0 Å². The van der Waals surface area contributed by atoms with Gasteiger partial charge in [-0.15, -0.1) is 35.3 Å². The van der Waals surface area contributed by atoms with Gasteiger partial charge >= 0.3 is 0 Å². The first kappa shape index (κ1) is 22.3. The Balaban J connectivity index is 0.00000312. The van der Waals surface area contributed by atoms with Gasteiger partial charge in [-0.1, -0.05) is 15.9 Å². The molecule has 0 aliphatic carbocycles. The summed E-state index contributed by atoms with van der Waals surface area (Å²) in [6.07, 6.45) is 1.46. The van der Waals surface area contributed by atoms with E-state index in [0.29, 0.717) is 18.5 Å². The molecule has 0 aliphatic heterocycles. The lowest BCUT2D eigenvalue weighted by atomic mass is 10.1. The lowest BCUT2D eigenvalue weighted by Gasteiger charge is -2.11. The summed E-state index contributed by atoms with van der Waals surface area (Å²) in [4.78, 5) is 9.98. The molecule has 0 saturated heterocycles. The van der Waals surface area contributed by atoms with Gasteiger partial charge in [0, 0.05) is 35.9 Å². The maximum atomic E-state index is 13.7. The third-order valence-corrected chi connectivity index (χ3v) is 5.25. The first-order valence-corrected chi connectivity index (χ1v) is 9.42. The van der Waals surface area contributed by atoms with Crippen LogP contribution in [0.4, 0.5) is 4.39 Å². The summed E-state index contributed by atoms with van der Waals surface area (Å²) in [5.41, 5.74) is 1.79. The highest BCUT2D eigenvalue weighted by molar-refractivity contribution is 14.0. The summed E-state index contributed by atoms with van der Waals surface area (Å²) >= 11 is 5.10. The average molecular weight is 541 g/mol. The SMILES string of the molecule is CN=C(NCCc1nc(C)c(C)s1)NCCc1cc(Br)ccc1F.I. The second-order valence-electron chi connectivity index (χ2n) is 5.41. The van der Waals surface area contributed by atoms with Gasteiger partial charge in [-0.3, -0.25) is 4.99 Å². The number of aryl methyl sites for hydroxylation is 2. The molecular weight excluding hydrogens is 518 g/mol. The number of aliphatic imine (C=N–C) groups is 1. The van der Waals surface area contributed by atoms with Crippen LogP contribution in [0.25, 0.3) is 0 Å². The molecule has 0 fully saturated rings. The van der Waals surface area contributed by atoms with Crippen molar-refractivity contribution < 1.29 is 4.39 Å². The Hall–Kier alpha value is -0.740. The predicted octanol–water partition coefficient (Wildman–Crippen LogP) is 4.23. The number of aromatic nitrogens is 1. The highest BCUT2D eigenvalue weighted by Gasteiger charge is 2.05. The molecule has 138 valence electrons. The van der Waals surface area contributed by atoms with E-state index in [1.54, 1.807) is 30.5 Å². The minimum Gasteiger partial charge on any atom is -0.356 e. The average Bonchev–Trinajstić information content (AvgIpc) is 2.87. The van der Waals surface area contributed by atoms with Crippen molar-refractivity contribution in [3.05, 3.63) is 49.6 Å². The molecule has 1 aromatic heterocycles. The van der Waals surface area contributed by atoms with Crippen molar-refractivity contribution in [2.45, 2.75) is 26.7 Å². The molecule has 1 aromatic carbocycles. The van der Waals surface area contributed by atoms with Crippen LogP contribution in [0.15, 0.2) is 27.7 Å². The van der Waals surface area contributed by atoms with E-state index < -0.39 is 0 Å². The number of hydrogen-bond acceptors (Lipinski definition) is 3. The van der Waals surface area contributed by atoms with Crippen LogP contribution in [0.1, 0.15) is 21.1 Å². The van der Waals surface area contributed by atoms with Gasteiger partial charge in [-0.25, -0.2) is 9.37 Å². The number of nitrogens with zero attached hydrogens (tertiary/aromatic N) is 2. The molecule has 4 nitrogen and oxygen atoms in total. The van der Waals surface area contributed by atoms with Gasteiger partial charge in [0.2, 0.25) is 0 Å². The Bertz CT molecular complexity index is 701. The molecule has 0 bridgehead atoms. The zero-order valence-corrected chi connectivity index (χ0v) is 19.3. The summed E-state index contributed by atoms with van der Waals surface area (Å²) in [5.74, 6) is 0.535. The van der Waals surface area contributed by atoms with Crippen LogP contribution < -0.4 is 10.6 Å². The molecule has 25 heavy (non-hydrogen) atoms. The van der Waals surface area contributed by atoms with Gasteiger partial charge < -0.3 is 10.6 Å². The van der Waals surface area contributed by atoms with Crippen molar-refractivity contribution in [3.8, 4) is 0 Å².